The molecule has 0 fully saturated rings. The van der Waals surface area contributed by atoms with Gasteiger partial charge in [0.1, 0.15) is 9.71 Å². The largest absolute Gasteiger partial charge is 0.397 e. The average molecular weight is 380 g/mol. The van der Waals surface area contributed by atoms with Gasteiger partial charge in [0.05, 0.1) is 11.4 Å². The van der Waals surface area contributed by atoms with Crippen molar-refractivity contribution in [2.75, 3.05) is 11.1 Å². The maximum absolute atomic E-state index is 12.6. The van der Waals surface area contributed by atoms with E-state index in [4.69, 9.17) is 15.2 Å². The number of carbonyl (C=O) groups is 1. The number of anilines is 2. The molecular weight excluding hydrogens is 362 g/mol. The van der Waals surface area contributed by atoms with E-state index in [2.05, 4.69) is 22.7 Å². The molecular formula is C19H18N5O2S+. The van der Waals surface area contributed by atoms with Crippen molar-refractivity contribution in [3.63, 3.8) is 0 Å². The summed E-state index contributed by atoms with van der Waals surface area (Å²) >= 11 is 1.26. The first-order chi connectivity index (χ1) is 12.9. The molecule has 1 amide bonds. The number of nitrogens with one attached hydrogen (secondary N) is 1. The van der Waals surface area contributed by atoms with Crippen LogP contribution in [-0.4, -0.2) is 16.2 Å². The summed E-state index contributed by atoms with van der Waals surface area (Å²) in [6.07, 6.45) is 1.57. The number of nitrogens with zero attached hydrogens (tertiary/aromatic N) is 3. The molecule has 0 saturated carbocycles. The number of amides is 1. The molecule has 4 rings (SSSR count). The van der Waals surface area contributed by atoms with E-state index in [1.54, 1.807) is 13.2 Å². The van der Waals surface area contributed by atoms with Crippen molar-refractivity contribution in [1.29, 1.82) is 0 Å². The van der Waals surface area contributed by atoms with Gasteiger partial charge in [-0.2, -0.15) is 0 Å². The molecule has 0 saturated heterocycles. The second-order valence-corrected chi connectivity index (χ2v) is 7.41. The van der Waals surface area contributed by atoms with E-state index >= 15 is 0 Å². The SMILES string of the molecule is Cc1ccc(-c2nc3sc(C(=O)Nc4c[n+](C)no4)c(N)c3cc2C)cc1. The van der Waals surface area contributed by atoms with Crippen LogP contribution in [0.4, 0.5) is 11.6 Å². The second kappa shape index (κ2) is 6.48. The fourth-order valence-electron chi connectivity index (χ4n) is 2.86. The highest BCUT2D eigenvalue weighted by molar-refractivity contribution is 7.21. The number of benzene rings is 1. The topological polar surface area (TPSA) is 97.9 Å². The minimum atomic E-state index is -0.346. The number of carbonyl (C=O) groups excluding carboxylic acids is 1. The van der Waals surface area contributed by atoms with Crippen LogP contribution in [0.5, 0.6) is 0 Å². The zero-order chi connectivity index (χ0) is 19.1. The number of hydrogen-bond acceptors (Lipinski definition) is 6. The van der Waals surface area contributed by atoms with Crippen molar-refractivity contribution >= 4 is 39.0 Å². The Hall–Kier alpha value is -3.26. The highest BCUT2D eigenvalue weighted by Gasteiger charge is 2.21. The van der Waals surface area contributed by atoms with Crippen molar-refractivity contribution in [2.45, 2.75) is 13.8 Å². The maximum atomic E-state index is 12.6. The van der Waals surface area contributed by atoms with Gasteiger partial charge in [-0.3, -0.25) is 14.6 Å². The van der Waals surface area contributed by atoms with Crippen molar-refractivity contribution in [1.82, 2.24) is 10.3 Å². The molecule has 4 aromatic rings. The molecule has 0 spiro atoms. The van der Waals surface area contributed by atoms with E-state index in [-0.39, 0.29) is 11.8 Å². The number of aryl methyl sites for hydroxylation is 3. The van der Waals surface area contributed by atoms with Gasteiger partial charge in [0.25, 0.3) is 12.1 Å². The standard InChI is InChI=1S/C19H17N5O2S/c1-10-4-6-12(7-5-10)16-11(2)8-13-15(20)17(27-19(13)22-16)18(25)21-14-9-24(3)23-26-14/h4-9H,1-3H3,(H2-,20,21,23,25)/p+1. The van der Waals surface area contributed by atoms with Gasteiger partial charge in [-0.25, -0.2) is 4.98 Å². The molecule has 3 aromatic heterocycles. The lowest BCUT2D eigenvalue weighted by Crippen LogP contribution is -2.28. The monoisotopic (exact) mass is 380 g/mol. The van der Waals surface area contributed by atoms with E-state index in [1.807, 2.05) is 32.0 Å². The van der Waals surface area contributed by atoms with Gasteiger partial charge in [-0.1, -0.05) is 34.5 Å². The summed E-state index contributed by atoms with van der Waals surface area (Å²) in [4.78, 5) is 18.5. The number of nitrogens with two attached hydrogens (primary N) is 1. The third-order valence-electron chi connectivity index (χ3n) is 4.25. The lowest BCUT2D eigenvalue weighted by molar-refractivity contribution is -0.739. The predicted octanol–water partition coefficient (Wildman–Crippen LogP) is 3.23. The van der Waals surface area contributed by atoms with E-state index < -0.39 is 0 Å². The average Bonchev–Trinajstić information content (AvgIpc) is 3.18. The summed E-state index contributed by atoms with van der Waals surface area (Å²) < 4.78 is 6.47. The third-order valence-corrected chi connectivity index (χ3v) is 5.37. The van der Waals surface area contributed by atoms with Gasteiger partial charge in [-0.15, -0.1) is 11.3 Å². The molecule has 0 atom stereocenters. The number of rotatable bonds is 3. The number of nitrogen functional groups attached to an aromatic ring is 1. The Balaban J connectivity index is 1.74. The number of pyridine rings is 1. The van der Waals surface area contributed by atoms with Crippen LogP contribution in [0.2, 0.25) is 0 Å². The number of fused-ring (bicyclic) bond motifs is 1. The summed E-state index contributed by atoms with van der Waals surface area (Å²) in [5.41, 5.74) is 10.8. The van der Waals surface area contributed by atoms with Gasteiger partial charge >= 0.3 is 5.88 Å². The van der Waals surface area contributed by atoms with Crippen LogP contribution in [0, 0.1) is 13.8 Å². The molecule has 0 aliphatic heterocycles. The zero-order valence-electron chi connectivity index (χ0n) is 15.1. The van der Waals surface area contributed by atoms with Crippen molar-refractivity contribution < 1.29 is 14.0 Å². The first kappa shape index (κ1) is 17.2. The molecule has 27 heavy (non-hydrogen) atoms. The summed E-state index contributed by atoms with van der Waals surface area (Å²) in [5, 5.41) is 7.12. The summed E-state index contributed by atoms with van der Waals surface area (Å²) in [6.45, 7) is 4.04. The summed E-state index contributed by atoms with van der Waals surface area (Å²) in [6, 6.07) is 10.2. The Morgan fingerprint density at radius 2 is 2.00 bits per heavy atom. The Morgan fingerprint density at radius 3 is 2.67 bits per heavy atom. The fourth-order valence-corrected chi connectivity index (χ4v) is 3.84. The molecule has 3 heterocycles. The summed E-state index contributed by atoms with van der Waals surface area (Å²) in [5.74, 6) is -0.0920. The minimum Gasteiger partial charge on any atom is -0.397 e. The zero-order valence-corrected chi connectivity index (χ0v) is 15.9. The Kier molecular flexibility index (Phi) is 4.12. The van der Waals surface area contributed by atoms with E-state index in [1.165, 1.54) is 21.6 Å². The van der Waals surface area contributed by atoms with Gasteiger partial charge in [0.15, 0.2) is 12.3 Å². The van der Waals surface area contributed by atoms with Crippen LogP contribution in [-0.2, 0) is 7.05 Å². The fraction of sp³-hybridized carbons (Fsp3) is 0.158. The second-order valence-electron chi connectivity index (χ2n) is 6.41. The maximum Gasteiger partial charge on any atom is 0.302 e. The van der Waals surface area contributed by atoms with Gasteiger partial charge in [0.2, 0.25) is 0 Å². The Bertz CT molecular complexity index is 1160. The molecule has 0 radical (unpaired) electrons. The van der Waals surface area contributed by atoms with Crippen LogP contribution in [0.1, 0.15) is 20.8 Å². The molecule has 7 nitrogen and oxygen atoms in total. The van der Waals surface area contributed by atoms with Crippen molar-refractivity contribution in [2.24, 2.45) is 7.05 Å². The Labute approximate surface area is 159 Å². The number of hydrogen-bond donors (Lipinski definition) is 2. The first-order valence-corrected chi connectivity index (χ1v) is 9.14. The third kappa shape index (κ3) is 3.15. The number of thiophene rings is 1. The van der Waals surface area contributed by atoms with Crippen LogP contribution < -0.4 is 15.7 Å². The van der Waals surface area contributed by atoms with Crippen molar-refractivity contribution in [3.05, 3.63) is 52.5 Å². The van der Waals surface area contributed by atoms with E-state index in [9.17, 15) is 4.79 Å². The predicted molar refractivity (Wildman–Crippen MR) is 105 cm³/mol. The normalized spacial score (nSPS) is 11.1. The quantitative estimate of drug-likeness (QED) is 0.532. The molecule has 0 unspecified atom stereocenters. The van der Waals surface area contributed by atoms with Crippen LogP contribution >= 0.6 is 11.3 Å². The highest BCUT2D eigenvalue weighted by Crippen LogP contribution is 2.36. The van der Waals surface area contributed by atoms with Crippen molar-refractivity contribution in [3.8, 4) is 11.3 Å². The molecule has 0 bridgehead atoms. The van der Waals surface area contributed by atoms with E-state index in [0.29, 0.717) is 10.6 Å². The molecule has 1 aromatic carbocycles. The molecule has 0 aliphatic carbocycles. The minimum absolute atomic E-state index is 0.254. The first-order valence-electron chi connectivity index (χ1n) is 8.33. The van der Waals surface area contributed by atoms with Gasteiger partial charge < -0.3 is 5.73 Å². The number of aromatic nitrogens is 3. The lowest BCUT2D eigenvalue weighted by atomic mass is 10.0. The molecule has 0 aliphatic rings. The van der Waals surface area contributed by atoms with Gasteiger partial charge in [-0.05, 0) is 25.5 Å². The van der Waals surface area contributed by atoms with Crippen LogP contribution in [0.3, 0.4) is 0 Å². The Morgan fingerprint density at radius 1 is 1.26 bits per heavy atom. The molecule has 8 heteroatoms. The lowest BCUT2D eigenvalue weighted by Gasteiger charge is -2.06. The molecule has 3 N–H and O–H groups in total. The van der Waals surface area contributed by atoms with Crippen LogP contribution in [0.15, 0.2) is 41.1 Å². The smallest absolute Gasteiger partial charge is 0.302 e. The highest BCUT2D eigenvalue weighted by atomic mass is 32.1. The van der Waals surface area contributed by atoms with E-state index in [0.717, 1.165) is 27.0 Å². The van der Waals surface area contributed by atoms with Gasteiger partial charge in [0, 0.05) is 10.9 Å². The van der Waals surface area contributed by atoms with Crippen LogP contribution in [0.25, 0.3) is 21.5 Å². The molecule has 136 valence electrons. The summed E-state index contributed by atoms with van der Waals surface area (Å²) in [7, 11) is 1.70.